The minimum Gasteiger partial charge on any atom is -0.323 e. The molecule has 1 unspecified atom stereocenters. The van der Waals surface area contributed by atoms with Crippen LogP contribution in [0.1, 0.15) is 35.3 Å². The van der Waals surface area contributed by atoms with Gasteiger partial charge >= 0.3 is 0 Å². The van der Waals surface area contributed by atoms with Crippen molar-refractivity contribution in [2.75, 3.05) is 0 Å². The highest BCUT2D eigenvalue weighted by Gasteiger charge is 2.06. The first kappa shape index (κ1) is 11.3. The lowest BCUT2D eigenvalue weighted by atomic mass is 10.3. The highest BCUT2D eigenvalue weighted by Crippen LogP contribution is 2.18. The Hall–Kier alpha value is -1.20. The van der Waals surface area contributed by atoms with E-state index in [0.29, 0.717) is 0 Å². The van der Waals surface area contributed by atoms with Crippen LogP contribution in [0.2, 0.25) is 0 Å². The van der Waals surface area contributed by atoms with Crippen LogP contribution in [0.25, 0.3) is 0 Å². The number of aryl methyl sites for hydroxylation is 1. The quantitative estimate of drug-likeness (QED) is 0.883. The first-order chi connectivity index (χ1) is 7.69. The molecule has 2 rings (SSSR count). The average Bonchev–Trinajstić information content (AvgIpc) is 2.87. The lowest BCUT2D eigenvalue weighted by molar-refractivity contribution is 0.654. The fraction of sp³-hybridized carbons (Fsp3) is 0.455. The standard InChI is InChI=1S/C11H16N4S/c1-3-9-4-5-10(16-9)6-15-7-11(8(2)12)13-14-15/h4-5,7-8H,3,6,12H2,1-2H3. The topological polar surface area (TPSA) is 56.7 Å². The second-order valence-corrected chi connectivity index (χ2v) is 5.10. The van der Waals surface area contributed by atoms with Gasteiger partial charge in [0.2, 0.25) is 0 Å². The Labute approximate surface area is 99.1 Å². The zero-order valence-electron chi connectivity index (χ0n) is 9.55. The van der Waals surface area contributed by atoms with E-state index in [9.17, 15) is 0 Å². The highest BCUT2D eigenvalue weighted by molar-refractivity contribution is 7.11. The number of hydrogen-bond acceptors (Lipinski definition) is 4. The summed E-state index contributed by atoms with van der Waals surface area (Å²) >= 11 is 1.83. The summed E-state index contributed by atoms with van der Waals surface area (Å²) in [4.78, 5) is 2.71. The van der Waals surface area contributed by atoms with Crippen molar-refractivity contribution < 1.29 is 0 Å². The van der Waals surface area contributed by atoms with Crippen molar-refractivity contribution in [2.24, 2.45) is 5.73 Å². The summed E-state index contributed by atoms with van der Waals surface area (Å²) in [6, 6.07) is 4.27. The van der Waals surface area contributed by atoms with Gasteiger partial charge in [0.25, 0.3) is 0 Å². The fourth-order valence-electron chi connectivity index (χ4n) is 1.46. The van der Waals surface area contributed by atoms with Crippen LogP contribution in [0, 0.1) is 0 Å². The number of thiophene rings is 1. The third-order valence-corrected chi connectivity index (χ3v) is 3.62. The van der Waals surface area contributed by atoms with Crippen molar-refractivity contribution >= 4 is 11.3 Å². The predicted octanol–water partition coefficient (Wildman–Crippen LogP) is 1.97. The SMILES string of the molecule is CCc1ccc(Cn2cc(C(C)N)nn2)s1. The van der Waals surface area contributed by atoms with E-state index in [1.807, 2.05) is 29.1 Å². The molecule has 16 heavy (non-hydrogen) atoms. The predicted molar refractivity (Wildman–Crippen MR) is 65.4 cm³/mol. The summed E-state index contributed by atoms with van der Waals surface area (Å²) < 4.78 is 1.84. The molecular weight excluding hydrogens is 220 g/mol. The van der Waals surface area contributed by atoms with E-state index in [-0.39, 0.29) is 6.04 Å². The Bertz CT molecular complexity index is 458. The molecule has 0 amide bonds. The molecule has 86 valence electrons. The average molecular weight is 236 g/mol. The molecule has 0 radical (unpaired) electrons. The highest BCUT2D eigenvalue weighted by atomic mass is 32.1. The van der Waals surface area contributed by atoms with Gasteiger partial charge in [0, 0.05) is 15.8 Å². The van der Waals surface area contributed by atoms with Crippen molar-refractivity contribution in [3.63, 3.8) is 0 Å². The maximum Gasteiger partial charge on any atom is 0.0991 e. The van der Waals surface area contributed by atoms with Crippen LogP contribution < -0.4 is 5.73 Å². The maximum atomic E-state index is 5.73. The van der Waals surface area contributed by atoms with Gasteiger partial charge in [-0.05, 0) is 25.5 Å². The van der Waals surface area contributed by atoms with E-state index in [4.69, 9.17) is 5.73 Å². The number of hydrogen-bond donors (Lipinski definition) is 1. The van der Waals surface area contributed by atoms with Gasteiger partial charge in [0.05, 0.1) is 18.4 Å². The van der Waals surface area contributed by atoms with Crippen molar-refractivity contribution in [2.45, 2.75) is 32.9 Å². The van der Waals surface area contributed by atoms with Crippen molar-refractivity contribution in [3.05, 3.63) is 33.8 Å². The zero-order valence-corrected chi connectivity index (χ0v) is 10.4. The molecule has 0 saturated carbocycles. The van der Waals surface area contributed by atoms with E-state index in [1.165, 1.54) is 9.75 Å². The number of nitrogens with two attached hydrogens (primary N) is 1. The molecule has 0 aliphatic rings. The van der Waals surface area contributed by atoms with E-state index < -0.39 is 0 Å². The van der Waals surface area contributed by atoms with E-state index in [1.54, 1.807) is 0 Å². The maximum absolute atomic E-state index is 5.73. The van der Waals surface area contributed by atoms with Crippen molar-refractivity contribution in [1.29, 1.82) is 0 Å². The second kappa shape index (κ2) is 4.76. The summed E-state index contributed by atoms with van der Waals surface area (Å²) in [6.07, 6.45) is 3.00. The van der Waals surface area contributed by atoms with Gasteiger partial charge < -0.3 is 5.73 Å². The minimum atomic E-state index is -0.0525. The molecule has 2 N–H and O–H groups in total. The van der Waals surface area contributed by atoms with Crippen LogP contribution in [-0.4, -0.2) is 15.0 Å². The zero-order chi connectivity index (χ0) is 11.5. The second-order valence-electron chi connectivity index (χ2n) is 3.85. The molecule has 0 fully saturated rings. The molecule has 0 aromatic carbocycles. The molecule has 0 spiro atoms. The molecule has 1 atom stereocenters. The van der Waals surface area contributed by atoms with Crippen LogP contribution in [0.3, 0.4) is 0 Å². The van der Waals surface area contributed by atoms with Gasteiger partial charge in [-0.15, -0.1) is 16.4 Å². The third-order valence-electron chi connectivity index (χ3n) is 2.41. The normalized spacial score (nSPS) is 12.9. The van der Waals surface area contributed by atoms with Crippen LogP contribution in [0.5, 0.6) is 0 Å². The van der Waals surface area contributed by atoms with E-state index in [0.717, 1.165) is 18.7 Å². The summed E-state index contributed by atoms with van der Waals surface area (Å²) in [5.74, 6) is 0. The Morgan fingerprint density at radius 3 is 2.75 bits per heavy atom. The first-order valence-electron chi connectivity index (χ1n) is 5.42. The molecule has 0 aliphatic heterocycles. The molecule has 4 nitrogen and oxygen atoms in total. The molecule has 0 saturated heterocycles. The molecule has 2 heterocycles. The summed E-state index contributed by atoms with van der Waals surface area (Å²) in [5.41, 5.74) is 6.57. The fourth-order valence-corrected chi connectivity index (χ4v) is 2.41. The molecule has 2 aromatic rings. The van der Waals surface area contributed by atoms with Gasteiger partial charge in [-0.25, -0.2) is 4.68 Å². The van der Waals surface area contributed by atoms with Gasteiger partial charge in [-0.1, -0.05) is 12.1 Å². The smallest absolute Gasteiger partial charge is 0.0991 e. The first-order valence-corrected chi connectivity index (χ1v) is 6.24. The largest absolute Gasteiger partial charge is 0.323 e. The summed E-state index contributed by atoms with van der Waals surface area (Å²) in [7, 11) is 0. The van der Waals surface area contributed by atoms with Crippen LogP contribution in [-0.2, 0) is 13.0 Å². The van der Waals surface area contributed by atoms with Crippen LogP contribution >= 0.6 is 11.3 Å². The molecule has 0 aliphatic carbocycles. The van der Waals surface area contributed by atoms with Gasteiger partial charge in [0.15, 0.2) is 0 Å². The number of rotatable bonds is 4. The van der Waals surface area contributed by atoms with Crippen molar-refractivity contribution in [1.82, 2.24) is 15.0 Å². The Balaban J connectivity index is 2.08. The van der Waals surface area contributed by atoms with E-state index in [2.05, 4.69) is 29.4 Å². The minimum absolute atomic E-state index is 0.0525. The van der Waals surface area contributed by atoms with Gasteiger partial charge in [-0.2, -0.15) is 0 Å². The lowest BCUT2D eigenvalue weighted by Gasteiger charge is -1.97. The number of nitrogens with zero attached hydrogens (tertiary/aromatic N) is 3. The summed E-state index contributed by atoms with van der Waals surface area (Å²) in [5, 5.41) is 8.09. The van der Waals surface area contributed by atoms with Gasteiger partial charge in [0.1, 0.15) is 0 Å². The molecule has 0 bridgehead atoms. The molecule has 5 heteroatoms. The molecular formula is C11H16N4S. The number of aromatic nitrogens is 3. The third kappa shape index (κ3) is 2.48. The lowest BCUT2D eigenvalue weighted by Crippen LogP contribution is -2.05. The van der Waals surface area contributed by atoms with Crippen molar-refractivity contribution in [3.8, 4) is 0 Å². The monoisotopic (exact) mass is 236 g/mol. The molecule has 2 aromatic heterocycles. The van der Waals surface area contributed by atoms with Gasteiger partial charge in [-0.3, -0.25) is 0 Å². The van der Waals surface area contributed by atoms with E-state index >= 15 is 0 Å². The Morgan fingerprint density at radius 2 is 2.19 bits per heavy atom. The van der Waals surface area contributed by atoms with Crippen LogP contribution in [0.15, 0.2) is 18.3 Å². The Kier molecular flexibility index (Phi) is 3.36. The van der Waals surface area contributed by atoms with Crippen LogP contribution in [0.4, 0.5) is 0 Å². The summed E-state index contributed by atoms with van der Waals surface area (Å²) in [6.45, 7) is 4.86. The Morgan fingerprint density at radius 1 is 1.44 bits per heavy atom.